The molecule has 1 saturated carbocycles. The molecule has 0 radical (unpaired) electrons. The number of hydrogen-bond donors (Lipinski definition) is 0. The lowest BCUT2D eigenvalue weighted by Crippen LogP contribution is -2.51. The van der Waals surface area contributed by atoms with Gasteiger partial charge in [0.2, 0.25) is 10.0 Å². The van der Waals surface area contributed by atoms with Gasteiger partial charge in [-0.05, 0) is 74.9 Å². The predicted octanol–water partition coefficient (Wildman–Crippen LogP) is 5.48. The molecule has 0 saturated heterocycles. The fraction of sp³-hybridized carbons (Fsp3) is 0.500. The third-order valence-corrected chi connectivity index (χ3v) is 9.16. The quantitative estimate of drug-likeness (QED) is 0.507. The first-order valence-electron chi connectivity index (χ1n) is 12.2. The molecule has 34 heavy (non-hydrogen) atoms. The lowest BCUT2D eigenvalue weighted by atomic mass is 9.92. The van der Waals surface area contributed by atoms with Gasteiger partial charge in [-0.25, -0.2) is 8.42 Å². The Morgan fingerprint density at radius 2 is 1.68 bits per heavy atom. The van der Waals surface area contributed by atoms with Crippen LogP contribution in [0.5, 0.6) is 5.75 Å². The SMILES string of the molecule is CCCN1CCCCN(S(=O)(=O)c2ccc(Br)cc2)[C@@H]2CCCC[C@@H]2Oc2ccccc2C1=O. The molecule has 1 amide bonds. The minimum Gasteiger partial charge on any atom is -0.488 e. The molecule has 2 aromatic rings. The Morgan fingerprint density at radius 1 is 0.971 bits per heavy atom. The highest BCUT2D eigenvalue weighted by Crippen LogP contribution is 2.33. The maximum atomic E-state index is 13.8. The Bertz CT molecular complexity index is 1090. The molecule has 1 aliphatic heterocycles. The number of para-hydroxylation sites is 1. The lowest BCUT2D eigenvalue weighted by molar-refractivity contribution is 0.0636. The van der Waals surface area contributed by atoms with Gasteiger partial charge in [0.05, 0.1) is 16.5 Å². The molecule has 1 heterocycles. The van der Waals surface area contributed by atoms with E-state index in [0.717, 1.165) is 43.0 Å². The van der Waals surface area contributed by atoms with Gasteiger partial charge in [-0.2, -0.15) is 4.31 Å². The largest absolute Gasteiger partial charge is 0.488 e. The Kier molecular flexibility index (Phi) is 8.32. The van der Waals surface area contributed by atoms with Crippen molar-refractivity contribution < 1.29 is 17.9 Å². The van der Waals surface area contributed by atoms with Crippen molar-refractivity contribution in [3.8, 4) is 5.75 Å². The van der Waals surface area contributed by atoms with Crippen molar-refractivity contribution in [1.82, 2.24) is 9.21 Å². The van der Waals surface area contributed by atoms with Crippen LogP contribution in [0.15, 0.2) is 57.9 Å². The number of carbonyl (C=O) groups is 1. The average molecular weight is 550 g/mol. The van der Waals surface area contributed by atoms with Gasteiger partial charge in [0.1, 0.15) is 11.9 Å². The van der Waals surface area contributed by atoms with E-state index in [1.54, 1.807) is 28.6 Å². The summed E-state index contributed by atoms with van der Waals surface area (Å²) in [5.41, 5.74) is 0.558. The van der Waals surface area contributed by atoms with Gasteiger partial charge in [0.15, 0.2) is 0 Å². The van der Waals surface area contributed by atoms with Crippen molar-refractivity contribution in [2.45, 2.75) is 68.9 Å². The Labute approximate surface area is 211 Å². The number of benzene rings is 2. The molecule has 8 heteroatoms. The van der Waals surface area contributed by atoms with Crippen LogP contribution in [0.25, 0.3) is 0 Å². The molecule has 0 bridgehead atoms. The summed E-state index contributed by atoms with van der Waals surface area (Å²) in [7, 11) is -3.70. The number of ether oxygens (including phenoxy) is 1. The van der Waals surface area contributed by atoms with Gasteiger partial charge in [0.25, 0.3) is 5.91 Å². The number of rotatable bonds is 4. The Balaban J connectivity index is 1.73. The second kappa shape index (κ2) is 11.2. The number of sulfonamides is 1. The summed E-state index contributed by atoms with van der Waals surface area (Å²) in [5, 5.41) is 0. The fourth-order valence-corrected chi connectivity index (χ4v) is 6.97. The minimum absolute atomic E-state index is 0.00952. The van der Waals surface area contributed by atoms with Crippen molar-refractivity contribution in [3.63, 3.8) is 0 Å². The van der Waals surface area contributed by atoms with Crippen LogP contribution in [0.3, 0.4) is 0 Å². The summed E-state index contributed by atoms with van der Waals surface area (Å²) in [6.07, 6.45) is 5.45. The summed E-state index contributed by atoms with van der Waals surface area (Å²) in [5.74, 6) is 0.539. The third-order valence-electron chi connectivity index (χ3n) is 6.69. The normalized spacial score (nSPS) is 22.6. The van der Waals surface area contributed by atoms with Gasteiger partial charge in [-0.3, -0.25) is 4.79 Å². The molecule has 1 fully saturated rings. The second-order valence-electron chi connectivity index (χ2n) is 9.07. The first-order chi connectivity index (χ1) is 16.4. The number of hydrogen-bond acceptors (Lipinski definition) is 4. The fourth-order valence-electron chi connectivity index (χ4n) is 4.99. The van der Waals surface area contributed by atoms with Crippen LogP contribution in [-0.2, 0) is 10.0 Å². The van der Waals surface area contributed by atoms with E-state index < -0.39 is 10.0 Å². The van der Waals surface area contributed by atoms with Crippen molar-refractivity contribution >= 4 is 31.9 Å². The van der Waals surface area contributed by atoms with Crippen molar-refractivity contribution in [3.05, 3.63) is 58.6 Å². The maximum absolute atomic E-state index is 13.8. The predicted molar refractivity (Wildman–Crippen MR) is 137 cm³/mol. The molecule has 0 N–H and O–H groups in total. The molecular weight excluding hydrogens is 516 g/mol. The van der Waals surface area contributed by atoms with Crippen LogP contribution in [0.1, 0.15) is 62.2 Å². The van der Waals surface area contributed by atoms with Crippen LogP contribution in [0.2, 0.25) is 0 Å². The Morgan fingerprint density at radius 3 is 2.44 bits per heavy atom. The first-order valence-corrected chi connectivity index (χ1v) is 14.5. The summed E-state index contributed by atoms with van der Waals surface area (Å²) in [4.78, 5) is 15.5. The smallest absolute Gasteiger partial charge is 0.257 e. The second-order valence-corrected chi connectivity index (χ2v) is 11.9. The molecule has 0 aromatic heterocycles. The van der Waals surface area contributed by atoms with Gasteiger partial charge >= 0.3 is 0 Å². The highest BCUT2D eigenvalue weighted by atomic mass is 79.9. The van der Waals surface area contributed by atoms with Gasteiger partial charge in [-0.1, -0.05) is 41.4 Å². The van der Waals surface area contributed by atoms with Crippen LogP contribution in [0, 0.1) is 0 Å². The number of halogens is 1. The molecule has 0 spiro atoms. The zero-order valence-electron chi connectivity index (χ0n) is 19.7. The van der Waals surface area contributed by atoms with E-state index in [0.29, 0.717) is 42.3 Å². The molecule has 184 valence electrons. The van der Waals surface area contributed by atoms with E-state index in [1.165, 1.54) is 0 Å². The van der Waals surface area contributed by atoms with Crippen LogP contribution in [0.4, 0.5) is 0 Å². The monoisotopic (exact) mass is 548 g/mol. The first kappa shape index (κ1) is 25.2. The van der Waals surface area contributed by atoms with Crippen molar-refractivity contribution in [2.24, 2.45) is 0 Å². The van der Waals surface area contributed by atoms with Crippen LogP contribution >= 0.6 is 15.9 Å². The molecule has 6 nitrogen and oxygen atoms in total. The van der Waals surface area contributed by atoms with Gasteiger partial charge in [0, 0.05) is 24.1 Å². The van der Waals surface area contributed by atoms with E-state index in [9.17, 15) is 13.2 Å². The average Bonchev–Trinajstić information content (AvgIpc) is 2.83. The number of nitrogens with zero attached hydrogens (tertiary/aromatic N) is 2. The maximum Gasteiger partial charge on any atom is 0.257 e. The molecule has 2 aliphatic rings. The summed E-state index contributed by atoms with van der Waals surface area (Å²) in [6, 6.07) is 14.0. The standard InChI is InChI=1S/C26H33BrN2O4S/c1-2-17-28-18-7-8-19-29(34(31,32)21-15-13-20(27)14-16-21)23-10-4-6-12-25(23)33-24-11-5-3-9-22(24)26(28)30/h3,5,9,11,13-16,23,25H,2,4,6-8,10,12,17-19H2,1H3/t23-,25+/m1/s1. The molecule has 2 atom stereocenters. The minimum atomic E-state index is -3.70. The van der Waals surface area contributed by atoms with Gasteiger partial charge < -0.3 is 9.64 Å². The number of amides is 1. The molecule has 2 aromatic carbocycles. The van der Waals surface area contributed by atoms with Gasteiger partial charge in [-0.15, -0.1) is 0 Å². The van der Waals surface area contributed by atoms with Crippen molar-refractivity contribution in [1.29, 1.82) is 0 Å². The van der Waals surface area contributed by atoms with E-state index in [4.69, 9.17) is 4.74 Å². The zero-order chi connectivity index (χ0) is 24.1. The van der Waals surface area contributed by atoms with Crippen LogP contribution < -0.4 is 4.74 Å². The zero-order valence-corrected chi connectivity index (χ0v) is 22.1. The summed E-state index contributed by atoms with van der Waals surface area (Å²) in [6.45, 7) is 3.74. The lowest BCUT2D eigenvalue weighted by Gasteiger charge is -2.40. The van der Waals surface area contributed by atoms with E-state index in [1.807, 2.05) is 29.2 Å². The van der Waals surface area contributed by atoms with E-state index >= 15 is 0 Å². The molecule has 0 unspecified atom stereocenters. The third kappa shape index (κ3) is 5.50. The molecule has 1 aliphatic carbocycles. The molecular formula is C26H33BrN2O4S. The highest BCUT2D eigenvalue weighted by molar-refractivity contribution is 9.10. The van der Waals surface area contributed by atoms with E-state index in [2.05, 4.69) is 22.9 Å². The molecule has 4 rings (SSSR count). The topological polar surface area (TPSA) is 66.9 Å². The summed E-state index contributed by atoms with van der Waals surface area (Å²) < 4.78 is 36.7. The number of fused-ring (bicyclic) bond motifs is 2. The number of carbonyl (C=O) groups excluding carboxylic acids is 1. The van der Waals surface area contributed by atoms with E-state index in [-0.39, 0.29) is 18.1 Å². The van der Waals surface area contributed by atoms with Crippen LogP contribution in [-0.4, -0.2) is 55.3 Å². The highest BCUT2D eigenvalue weighted by Gasteiger charge is 2.39. The Hall–Kier alpha value is -1.90. The van der Waals surface area contributed by atoms with Crippen molar-refractivity contribution in [2.75, 3.05) is 19.6 Å². The summed E-state index contributed by atoms with van der Waals surface area (Å²) >= 11 is 3.40.